The van der Waals surface area contributed by atoms with Gasteiger partial charge < -0.3 is 19.8 Å². The number of phenols is 1. The van der Waals surface area contributed by atoms with Gasteiger partial charge in [0, 0.05) is 43.1 Å². The Bertz CT molecular complexity index is 1110. The summed E-state index contributed by atoms with van der Waals surface area (Å²) in [5.41, 5.74) is 0.993. The molecule has 6 nitrogen and oxygen atoms in total. The molecule has 2 saturated heterocycles. The zero-order chi connectivity index (χ0) is 24.3. The summed E-state index contributed by atoms with van der Waals surface area (Å²) >= 11 is 0. The quantitative estimate of drug-likeness (QED) is 0.670. The lowest BCUT2D eigenvalue weighted by Gasteiger charge is -2.69. The third-order valence-electron chi connectivity index (χ3n) is 11.9. The maximum absolute atomic E-state index is 13.3. The second kappa shape index (κ2) is 7.41. The van der Waals surface area contributed by atoms with Gasteiger partial charge in [0.25, 0.3) is 0 Å². The van der Waals surface area contributed by atoms with Crippen molar-refractivity contribution in [2.75, 3.05) is 26.2 Å². The average molecular weight is 493 g/mol. The van der Waals surface area contributed by atoms with Gasteiger partial charge in [-0.3, -0.25) is 9.69 Å². The summed E-state index contributed by atoms with van der Waals surface area (Å²) in [7, 11) is 0. The van der Waals surface area contributed by atoms with E-state index in [-0.39, 0.29) is 23.3 Å². The molecule has 3 heterocycles. The minimum atomic E-state index is -0.834. The van der Waals surface area contributed by atoms with Gasteiger partial charge >= 0.3 is 0 Å². The first-order chi connectivity index (χ1) is 17.5. The van der Waals surface area contributed by atoms with Crippen molar-refractivity contribution >= 4 is 5.91 Å². The van der Waals surface area contributed by atoms with E-state index in [4.69, 9.17) is 4.74 Å². The molecule has 5 fully saturated rings. The van der Waals surface area contributed by atoms with Crippen molar-refractivity contribution in [2.24, 2.45) is 17.3 Å². The number of likely N-dealkylation sites (tertiary alicyclic amines) is 2. The van der Waals surface area contributed by atoms with Crippen molar-refractivity contribution in [3.05, 3.63) is 23.3 Å². The molecule has 6 heteroatoms. The van der Waals surface area contributed by atoms with Gasteiger partial charge in [0.2, 0.25) is 5.91 Å². The molecular formula is C30H40N2O4. The first-order valence-electron chi connectivity index (χ1n) is 14.7. The summed E-state index contributed by atoms with van der Waals surface area (Å²) in [4.78, 5) is 18.0. The molecule has 4 aliphatic carbocycles. The number of aromatic hydroxyl groups is 1. The van der Waals surface area contributed by atoms with Gasteiger partial charge in [-0.15, -0.1) is 0 Å². The number of carbonyl (C=O) groups is 1. The molecule has 2 bridgehead atoms. The van der Waals surface area contributed by atoms with Crippen molar-refractivity contribution in [1.82, 2.24) is 9.80 Å². The fraction of sp³-hybridized carbons (Fsp3) is 0.767. The van der Waals surface area contributed by atoms with Crippen LogP contribution in [-0.4, -0.2) is 69.8 Å². The number of aliphatic hydroxyl groups is 1. The van der Waals surface area contributed by atoms with E-state index in [2.05, 4.69) is 15.9 Å². The number of nitrogens with zero attached hydrogens (tertiary/aromatic N) is 2. The fourth-order valence-electron chi connectivity index (χ4n) is 9.82. The molecule has 0 radical (unpaired) electrons. The second-order valence-corrected chi connectivity index (χ2v) is 13.4. The summed E-state index contributed by atoms with van der Waals surface area (Å²) in [6.07, 6.45) is 12.2. The number of amides is 1. The minimum Gasteiger partial charge on any atom is -0.504 e. The van der Waals surface area contributed by atoms with Crippen LogP contribution in [0, 0.1) is 17.3 Å². The van der Waals surface area contributed by atoms with Crippen LogP contribution in [0.4, 0.5) is 0 Å². The number of rotatable bonds is 4. The number of fused-ring (bicyclic) bond motifs is 1. The van der Waals surface area contributed by atoms with Crippen molar-refractivity contribution in [1.29, 1.82) is 0 Å². The predicted molar refractivity (Wildman–Crippen MR) is 135 cm³/mol. The third-order valence-corrected chi connectivity index (χ3v) is 11.9. The third kappa shape index (κ3) is 2.68. The number of carbonyl (C=O) groups excluding carboxylic acids is 1. The standard InChI is InChI=1S/C30H40N2O4/c33-22-7-6-20-16-23-30(35)11-10-28(9-8-21(28)17-24(34)31-13-2-1-3-14-31)27-29(30,25(20)26(22)36-27)12-15-32(23)18-19-4-5-19/h6-7,19,21,23,27,33,35H,1-5,8-18H2/t21?,23-,27+,28+,29+,30-/m1/s1. The van der Waals surface area contributed by atoms with Gasteiger partial charge in [-0.05, 0) is 101 Å². The van der Waals surface area contributed by atoms with E-state index in [1.165, 1.54) is 24.8 Å². The van der Waals surface area contributed by atoms with Crippen LogP contribution >= 0.6 is 0 Å². The molecule has 1 amide bonds. The Morgan fingerprint density at radius 2 is 1.86 bits per heavy atom. The topological polar surface area (TPSA) is 73.2 Å². The highest BCUT2D eigenvalue weighted by Crippen LogP contribution is 2.73. The summed E-state index contributed by atoms with van der Waals surface area (Å²) in [6.45, 7) is 3.91. The first-order valence-corrected chi connectivity index (χ1v) is 14.7. The van der Waals surface area contributed by atoms with Crippen LogP contribution in [0.2, 0.25) is 0 Å². The Morgan fingerprint density at radius 1 is 1.03 bits per heavy atom. The van der Waals surface area contributed by atoms with Crippen LogP contribution in [-0.2, 0) is 16.6 Å². The number of phenolic OH excluding ortho intramolecular Hbond substituents is 1. The highest BCUT2D eigenvalue weighted by atomic mass is 16.5. The molecule has 1 aromatic carbocycles. The molecule has 6 atom stereocenters. The second-order valence-electron chi connectivity index (χ2n) is 13.4. The van der Waals surface area contributed by atoms with E-state index in [1.807, 2.05) is 0 Å². The molecular weight excluding hydrogens is 452 g/mol. The molecule has 194 valence electrons. The Hall–Kier alpha value is -1.79. The lowest BCUT2D eigenvalue weighted by molar-refractivity contribution is -0.244. The van der Waals surface area contributed by atoms with Crippen LogP contribution < -0.4 is 4.74 Å². The van der Waals surface area contributed by atoms with E-state index < -0.39 is 11.0 Å². The molecule has 1 aromatic rings. The van der Waals surface area contributed by atoms with Gasteiger partial charge in [-0.2, -0.15) is 0 Å². The van der Waals surface area contributed by atoms with Crippen LogP contribution in [0.5, 0.6) is 11.5 Å². The van der Waals surface area contributed by atoms with E-state index in [0.717, 1.165) is 89.0 Å². The van der Waals surface area contributed by atoms with Crippen LogP contribution in [0.1, 0.15) is 81.8 Å². The summed E-state index contributed by atoms with van der Waals surface area (Å²) in [5.74, 6) is 2.27. The maximum atomic E-state index is 13.3. The number of piperidine rings is 2. The lowest BCUT2D eigenvalue weighted by Crippen LogP contribution is -2.79. The van der Waals surface area contributed by atoms with E-state index >= 15 is 0 Å². The number of hydrogen-bond acceptors (Lipinski definition) is 5. The molecule has 2 N–H and O–H groups in total. The zero-order valence-electron chi connectivity index (χ0n) is 21.4. The fourth-order valence-corrected chi connectivity index (χ4v) is 9.82. The lowest BCUT2D eigenvalue weighted by atomic mass is 9.39. The van der Waals surface area contributed by atoms with Crippen molar-refractivity contribution < 1.29 is 19.7 Å². The Labute approximate surface area is 214 Å². The Balaban J connectivity index is 1.18. The number of hydrogen-bond donors (Lipinski definition) is 2. The van der Waals surface area contributed by atoms with Crippen LogP contribution in [0.25, 0.3) is 0 Å². The summed E-state index contributed by atoms with van der Waals surface area (Å²) in [5, 5.41) is 23.7. The van der Waals surface area contributed by atoms with Gasteiger partial charge in [0.05, 0.1) is 11.0 Å². The minimum absolute atomic E-state index is 0.0824. The monoisotopic (exact) mass is 492 g/mol. The first kappa shape index (κ1) is 22.2. The highest BCUT2D eigenvalue weighted by Gasteiger charge is 2.77. The number of benzene rings is 1. The smallest absolute Gasteiger partial charge is 0.222 e. The van der Waals surface area contributed by atoms with Gasteiger partial charge in [-0.1, -0.05) is 6.07 Å². The zero-order valence-corrected chi connectivity index (χ0v) is 21.4. The molecule has 8 rings (SSSR count). The van der Waals surface area contributed by atoms with E-state index in [0.29, 0.717) is 24.0 Å². The van der Waals surface area contributed by atoms with Crippen LogP contribution in [0.15, 0.2) is 12.1 Å². The van der Waals surface area contributed by atoms with Crippen LogP contribution in [0.3, 0.4) is 0 Å². The number of ether oxygens (including phenoxy) is 1. The van der Waals surface area contributed by atoms with Gasteiger partial charge in [0.1, 0.15) is 6.10 Å². The maximum Gasteiger partial charge on any atom is 0.222 e. The SMILES string of the molecule is O=C(CC1CC[C@]12CC[C@@]1(O)[C@H]3Cc4ccc(O)c5c4[C@@]1(CCN3CC1CC1)[C@H]2O5)N1CCCCC1. The van der Waals surface area contributed by atoms with E-state index in [9.17, 15) is 15.0 Å². The predicted octanol–water partition coefficient (Wildman–Crippen LogP) is 3.76. The molecule has 3 aliphatic heterocycles. The summed E-state index contributed by atoms with van der Waals surface area (Å²) < 4.78 is 6.86. The Morgan fingerprint density at radius 3 is 2.61 bits per heavy atom. The molecule has 2 spiro atoms. The van der Waals surface area contributed by atoms with Gasteiger partial charge in [0.15, 0.2) is 11.5 Å². The summed E-state index contributed by atoms with van der Waals surface area (Å²) in [6, 6.07) is 4.01. The highest BCUT2D eigenvalue weighted by molar-refractivity contribution is 5.77. The van der Waals surface area contributed by atoms with Crippen molar-refractivity contribution in [3.63, 3.8) is 0 Å². The van der Waals surface area contributed by atoms with Gasteiger partial charge in [-0.25, -0.2) is 0 Å². The largest absolute Gasteiger partial charge is 0.504 e. The molecule has 3 saturated carbocycles. The Kier molecular flexibility index (Phi) is 4.57. The molecule has 7 aliphatic rings. The van der Waals surface area contributed by atoms with Crippen molar-refractivity contribution in [3.8, 4) is 11.5 Å². The molecule has 1 unspecified atom stereocenters. The average Bonchev–Trinajstić information content (AvgIpc) is 3.62. The molecule has 36 heavy (non-hydrogen) atoms. The molecule has 0 aromatic heterocycles. The normalized spacial score (nSPS) is 42.6. The van der Waals surface area contributed by atoms with Crippen molar-refractivity contribution in [2.45, 2.75) is 100 Å². The van der Waals surface area contributed by atoms with E-state index in [1.54, 1.807) is 6.07 Å².